The Hall–Kier alpha value is -2.10. The highest BCUT2D eigenvalue weighted by Crippen LogP contribution is 2.44. The minimum atomic E-state index is -0.456. The van der Waals surface area contributed by atoms with Gasteiger partial charge in [-0.05, 0) is 5.56 Å². The standard InChI is InChI=1S/C14H15NO3/c1-14(2)9-11(16)8-12(15(17)18)13(14)10-6-4-3-5-7-10/h3-8,16H,9H2,1-2H3. The smallest absolute Gasteiger partial charge is 0.277 e. The second-order valence-corrected chi connectivity index (χ2v) is 5.08. The molecular formula is C14H15NO3. The Labute approximate surface area is 105 Å². The predicted molar refractivity (Wildman–Crippen MR) is 69.5 cm³/mol. The van der Waals surface area contributed by atoms with Crippen LogP contribution in [0.3, 0.4) is 0 Å². The van der Waals surface area contributed by atoms with Gasteiger partial charge < -0.3 is 5.11 Å². The van der Waals surface area contributed by atoms with Gasteiger partial charge in [0.25, 0.3) is 5.70 Å². The fourth-order valence-corrected chi connectivity index (χ4v) is 2.46. The van der Waals surface area contributed by atoms with Gasteiger partial charge in [0.05, 0.1) is 16.8 Å². The molecule has 0 amide bonds. The van der Waals surface area contributed by atoms with E-state index in [1.165, 1.54) is 6.08 Å². The van der Waals surface area contributed by atoms with Crippen molar-refractivity contribution in [3.63, 3.8) is 0 Å². The summed E-state index contributed by atoms with van der Waals surface area (Å²) in [5.74, 6) is 0.0615. The van der Waals surface area contributed by atoms with Gasteiger partial charge in [-0.3, -0.25) is 10.1 Å². The lowest BCUT2D eigenvalue weighted by Gasteiger charge is -2.30. The maximum absolute atomic E-state index is 11.2. The Kier molecular flexibility index (Phi) is 2.95. The van der Waals surface area contributed by atoms with Gasteiger partial charge in [0, 0.05) is 17.4 Å². The van der Waals surface area contributed by atoms with Crippen LogP contribution in [0.4, 0.5) is 0 Å². The van der Waals surface area contributed by atoms with Crippen molar-refractivity contribution in [2.45, 2.75) is 20.3 Å². The molecule has 1 aliphatic rings. The summed E-state index contributed by atoms with van der Waals surface area (Å²) in [4.78, 5) is 10.7. The number of nitrogens with zero attached hydrogens (tertiary/aromatic N) is 1. The summed E-state index contributed by atoms with van der Waals surface area (Å²) in [6, 6.07) is 9.30. The van der Waals surface area contributed by atoms with Crippen molar-refractivity contribution in [3.05, 3.63) is 63.5 Å². The summed E-state index contributed by atoms with van der Waals surface area (Å²) in [5.41, 5.74) is 1.03. The topological polar surface area (TPSA) is 63.4 Å². The SMILES string of the molecule is CC1(C)CC(O)=CC([N+](=O)[O-])=C1c1ccccc1. The summed E-state index contributed by atoms with van der Waals surface area (Å²) >= 11 is 0. The molecule has 0 saturated carbocycles. The van der Waals surface area contributed by atoms with Crippen LogP contribution in [0.2, 0.25) is 0 Å². The first-order valence-corrected chi connectivity index (χ1v) is 5.76. The zero-order chi connectivity index (χ0) is 13.3. The molecule has 0 fully saturated rings. The van der Waals surface area contributed by atoms with E-state index in [0.717, 1.165) is 5.56 Å². The van der Waals surface area contributed by atoms with Crippen molar-refractivity contribution in [2.75, 3.05) is 0 Å². The van der Waals surface area contributed by atoms with E-state index in [9.17, 15) is 15.2 Å². The van der Waals surface area contributed by atoms with Crippen LogP contribution < -0.4 is 0 Å². The zero-order valence-electron chi connectivity index (χ0n) is 10.4. The summed E-state index contributed by atoms with van der Waals surface area (Å²) < 4.78 is 0. The molecular weight excluding hydrogens is 230 g/mol. The van der Waals surface area contributed by atoms with Crippen LogP contribution in [-0.2, 0) is 0 Å². The molecule has 0 atom stereocenters. The molecule has 2 rings (SSSR count). The number of nitro groups is 1. The minimum Gasteiger partial charge on any atom is -0.512 e. The third-order valence-corrected chi connectivity index (χ3v) is 3.12. The molecule has 18 heavy (non-hydrogen) atoms. The molecule has 1 aliphatic carbocycles. The van der Waals surface area contributed by atoms with E-state index >= 15 is 0 Å². The van der Waals surface area contributed by atoms with Gasteiger partial charge in [-0.15, -0.1) is 0 Å². The van der Waals surface area contributed by atoms with Gasteiger partial charge >= 0.3 is 0 Å². The largest absolute Gasteiger partial charge is 0.512 e. The Bertz CT molecular complexity index is 541. The fourth-order valence-electron chi connectivity index (χ4n) is 2.46. The lowest BCUT2D eigenvalue weighted by atomic mass is 9.73. The van der Waals surface area contributed by atoms with Gasteiger partial charge in [0.1, 0.15) is 0 Å². The number of aliphatic hydroxyl groups excluding tert-OH is 1. The first kappa shape index (κ1) is 12.4. The zero-order valence-corrected chi connectivity index (χ0v) is 10.4. The molecule has 94 valence electrons. The quantitative estimate of drug-likeness (QED) is 0.640. The molecule has 4 nitrogen and oxygen atoms in total. The van der Waals surface area contributed by atoms with E-state index in [1.54, 1.807) is 0 Å². The summed E-state index contributed by atoms with van der Waals surface area (Å²) in [6.45, 7) is 3.81. The first-order chi connectivity index (χ1) is 8.42. The third-order valence-electron chi connectivity index (χ3n) is 3.12. The molecule has 0 bridgehead atoms. The maximum Gasteiger partial charge on any atom is 0.277 e. The molecule has 1 N–H and O–H groups in total. The van der Waals surface area contributed by atoms with Crippen molar-refractivity contribution in [1.29, 1.82) is 0 Å². The van der Waals surface area contributed by atoms with Gasteiger partial charge in [-0.1, -0.05) is 44.2 Å². The molecule has 0 spiro atoms. The number of rotatable bonds is 2. The Morgan fingerprint density at radius 3 is 2.44 bits per heavy atom. The molecule has 0 saturated heterocycles. The normalized spacial score (nSPS) is 18.4. The van der Waals surface area contributed by atoms with E-state index in [-0.39, 0.29) is 11.5 Å². The first-order valence-electron chi connectivity index (χ1n) is 5.76. The van der Waals surface area contributed by atoms with Crippen LogP contribution >= 0.6 is 0 Å². The second-order valence-electron chi connectivity index (χ2n) is 5.08. The highest BCUT2D eigenvalue weighted by molar-refractivity contribution is 5.74. The van der Waals surface area contributed by atoms with Crippen LogP contribution in [0, 0.1) is 15.5 Å². The number of hydrogen-bond acceptors (Lipinski definition) is 3. The van der Waals surface area contributed by atoms with E-state index in [4.69, 9.17) is 0 Å². The summed E-state index contributed by atoms with van der Waals surface area (Å²) in [6.07, 6.45) is 1.67. The Balaban J connectivity index is 2.69. The van der Waals surface area contributed by atoms with Crippen molar-refractivity contribution in [1.82, 2.24) is 0 Å². The number of allylic oxidation sites excluding steroid dienone is 3. The number of hydrogen-bond donors (Lipinski definition) is 1. The molecule has 0 unspecified atom stereocenters. The van der Waals surface area contributed by atoms with Crippen molar-refractivity contribution in [3.8, 4) is 0 Å². The number of benzene rings is 1. The van der Waals surface area contributed by atoms with Gasteiger partial charge in [0.2, 0.25) is 0 Å². The lowest BCUT2D eigenvalue weighted by molar-refractivity contribution is -0.419. The number of aliphatic hydroxyl groups is 1. The van der Waals surface area contributed by atoms with Crippen molar-refractivity contribution >= 4 is 5.57 Å². The lowest BCUT2D eigenvalue weighted by Crippen LogP contribution is -2.22. The van der Waals surface area contributed by atoms with Crippen LogP contribution in [0.25, 0.3) is 5.57 Å². The maximum atomic E-state index is 11.2. The van der Waals surface area contributed by atoms with Crippen LogP contribution in [-0.4, -0.2) is 10.0 Å². The molecule has 0 heterocycles. The molecule has 4 heteroatoms. The van der Waals surface area contributed by atoms with E-state index in [1.807, 2.05) is 44.2 Å². The highest BCUT2D eigenvalue weighted by atomic mass is 16.6. The molecule has 1 aromatic carbocycles. The van der Waals surface area contributed by atoms with E-state index in [2.05, 4.69) is 0 Å². The average Bonchev–Trinajstić information content (AvgIpc) is 2.27. The monoisotopic (exact) mass is 245 g/mol. The summed E-state index contributed by atoms with van der Waals surface area (Å²) in [5, 5.41) is 20.8. The third kappa shape index (κ3) is 2.14. The predicted octanol–water partition coefficient (Wildman–Crippen LogP) is 3.55. The van der Waals surface area contributed by atoms with Crippen LogP contribution in [0.15, 0.2) is 47.9 Å². The molecule has 1 aromatic rings. The second kappa shape index (κ2) is 4.29. The van der Waals surface area contributed by atoms with Crippen molar-refractivity contribution < 1.29 is 10.0 Å². The summed E-state index contributed by atoms with van der Waals surface area (Å²) in [7, 11) is 0. The Morgan fingerprint density at radius 2 is 1.89 bits per heavy atom. The van der Waals surface area contributed by atoms with Gasteiger partial charge in [0.15, 0.2) is 0 Å². The van der Waals surface area contributed by atoms with E-state index in [0.29, 0.717) is 12.0 Å². The molecule has 0 aliphatic heterocycles. The van der Waals surface area contributed by atoms with Crippen LogP contribution in [0.1, 0.15) is 25.8 Å². The molecule has 0 radical (unpaired) electrons. The van der Waals surface area contributed by atoms with E-state index < -0.39 is 10.3 Å². The van der Waals surface area contributed by atoms with Gasteiger partial charge in [-0.25, -0.2) is 0 Å². The highest BCUT2D eigenvalue weighted by Gasteiger charge is 2.36. The van der Waals surface area contributed by atoms with Crippen molar-refractivity contribution in [2.24, 2.45) is 5.41 Å². The minimum absolute atomic E-state index is 0.0186. The fraction of sp³-hybridized carbons (Fsp3) is 0.286. The Morgan fingerprint density at radius 1 is 1.28 bits per heavy atom. The van der Waals surface area contributed by atoms with Crippen LogP contribution in [0.5, 0.6) is 0 Å². The average molecular weight is 245 g/mol. The van der Waals surface area contributed by atoms with Gasteiger partial charge in [-0.2, -0.15) is 0 Å². The molecule has 0 aromatic heterocycles.